The maximum atomic E-state index is 13.2. The zero-order valence-electron chi connectivity index (χ0n) is 16.3. The van der Waals surface area contributed by atoms with Gasteiger partial charge in [0.25, 0.3) is 0 Å². The molecule has 0 spiro atoms. The third-order valence-electron chi connectivity index (χ3n) is 4.84. The summed E-state index contributed by atoms with van der Waals surface area (Å²) in [6, 6.07) is 21.6. The van der Waals surface area contributed by atoms with Gasteiger partial charge in [-0.05, 0) is 53.3 Å². The average molecular weight is 428 g/mol. The first kappa shape index (κ1) is 19.1. The van der Waals surface area contributed by atoms with Crippen molar-refractivity contribution in [1.29, 1.82) is 0 Å². The quantitative estimate of drug-likeness (QED) is 0.530. The normalized spacial score (nSPS) is 13.5. The first-order valence-electron chi connectivity index (χ1n) is 9.65. The lowest BCUT2D eigenvalue weighted by Gasteiger charge is -2.05. The summed E-state index contributed by atoms with van der Waals surface area (Å²) in [5, 5.41) is 12.8. The van der Waals surface area contributed by atoms with Crippen LogP contribution >= 0.6 is 11.3 Å². The minimum atomic E-state index is -0.278. The number of benzene rings is 3. The Bertz CT molecular complexity index is 1470. The number of halogens is 1. The van der Waals surface area contributed by atoms with Gasteiger partial charge in [-0.15, -0.1) is 0 Å². The van der Waals surface area contributed by atoms with Gasteiger partial charge in [0.1, 0.15) is 12.2 Å². The van der Waals surface area contributed by atoms with Crippen LogP contribution in [0, 0.1) is 5.82 Å². The van der Waals surface area contributed by atoms with Crippen LogP contribution in [-0.2, 0) is 6.54 Å². The summed E-state index contributed by atoms with van der Waals surface area (Å²) in [5.74, 6) is -0.164. The monoisotopic (exact) mass is 428 g/mol. The van der Waals surface area contributed by atoms with Gasteiger partial charge in [0, 0.05) is 0 Å². The number of nitrogens with zero attached hydrogens (tertiary/aromatic N) is 4. The SMILES string of the molecule is Oc1c(/C=c2\ccc3c(c2)N=CN=3)sc(=NCc2ccc(F)cc2)n1-c1ccccc1. The first-order valence-corrected chi connectivity index (χ1v) is 10.5. The van der Waals surface area contributed by atoms with E-state index in [2.05, 4.69) is 9.98 Å². The zero-order chi connectivity index (χ0) is 21.2. The molecule has 0 radical (unpaired) electrons. The largest absolute Gasteiger partial charge is 0.493 e. The van der Waals surface area contributed by atoms with E-state index >= 15 is 0 Å². The van der Waals surface area contributed by atoms with Crippen LogP contribution in [0.5, 0.6) is 5.88 Å². The fraction of sp³-hybridized carbons (Fsp3) is 0.0417. The molecule has 7 heteroatoms. The number of hydrogen-bond acceptors (Lipinski definition) is 5. The third-order valence-corrected chi connectivity index (χ3v) is 5.85. The molecule has 3 aromatic carbocycles. The molecule has 5 nitrogen and oxygen atoms in total. The van der Waals surface area contributed by atoms with Crippen LogP contribution in [0.1, 0.15) is 10.4 Å². The highest BCUT2D eigenvalue weighted by Crippen LogP contribution is 2.24. The molecule has 31 heavy (non-hydrogen) atoms. The molecule has 1 aliphatic rings. The molecule has 1 aromatic heterocycles. The highest BCUT2D eigenvalue weighted by Gasteiger charge is 2.13. The van der Waals surface area contributed by atoms with Crippen molar-refractivity contribution in [2.75, 3.05) is 0 Å². The van der Waals surface area contributed by atoms with Crippen molar-refractivity contribution in [3.8, 4) is 11.6 Å². The van der Waals surface area contributed by atoms with Crippen molar-refractivity contribution in [2.24, 2.45) is 15.0 Å². The van der Waals surface area contributed by atoms with Crippen molar-refractivity contribution in [2.45, 2.75) is 6.54 Å². The van der Waals surface area contributed by atoms with Gasteiger partial charge in [-0.2, -0.15) is 0 Å². The average Bonchev–Trinajstić information content (AvgIpc) is 3.38. The smallest absolute Gasteiger partial charge is 0.215 e. The number of aromatic hydroxyl groups is 1. The molecule has 4 aromatic rings. The highest BCUT2D eigenvalue weighted by molar-refractivity contribution is 7.10. The van der Waals surface area contributed by atoms with Gasteiger partial charge >= 0.3 is 0 Å². The Kier molecular flexibility index (Phi) is 5.01. The van der Waals surface area contributed by atoms with Crippen LogP contribution in [0.2, 0.25) is 0 Å². The van der Waals surface area contributed by atoms with Crippen LogP contribution in [-0.4, -0.2) is 16.0 Å². The second-order valence-electron chi connectivity index (χ2n) is 6.95. The molecule has 5 rings (SSSR count). The van der Waals surface area contributed by atoms with Gasteiger partial charge in [-0.3, -0.25) is 9.56 Å². The standard InChI is InChI=1S/C24H17FN4OS/c25-18-9-6-16(7-10-18)14-26-24-29(19-4-2-1-3-5-19)23(30)22(31-24)13-17-8-11-20-21(12-17)28-15-27-20/h1-13,15,30H,14H2/b17-13+,26-24?. The Morgan fingerprint density at radius 1 is 1.03 bits per heavy atom. The number of fused-ring (bicyclic) bond motifs is 1. The molecule has 1 aliphatic heterocycles. The molecule has 0 bridgehead atoms. The van der Waals surface area contributed by atoms with Crippen LogP contribution in [0.3, 0.4) is 0 Å². The molecule has 0 saturated carbocycles. The van der Waals surface area contributed by atoms with E-state index in [0.717, 1.165) is 27.5 Å². The second kappa shape index (κ2) is 8.12. The van der Waals surface area contributed by atoms with E-state index < -0.39 is 0 Å². The molecule has 0 atom stereocenters. The molecule has 0 saturated heterocycles. The van der Waals surface area contributed by atoms with E-state index in [1.807, 2.05) is 54.6 Å². The van der Waals surface area contributed by atoms with Gasteiger partial charge in [-0.25, -0.2) is 14.4 Å². The number of rotatable bonds is 4. The zero-order valence-corrected chi connectivity index (χ0v) is 17.1. The van der Waals surface area contributed by atoms with Crippen molar-refractivity contribution in [3.63, 3.8) is 0 Å². The second-order valence-corrected chi connectivity index (χ2v) is 7.96. The van der Waals surface area contributed by atoms with Crippen molar-refractivity contribution in [1.82, 2.24) is 4.57 Å². The van der Waals surface area contributed by atoms with E-state index in [9.17, 15) is 9.50 Å². The van der Waals surface area contributed by atoms with Gasteiger partial charge < -0.3 is 5.11 Å². The number of thiazole rings is 1. The molecule has 0 unspecified atom stereocenters. The van der Waals surface area contributed by atoms with Gasteiger partial charge in [-0.1, -0.05) is 47.7 Å². The fourth-order valence-corrected chi connectivity index (χ4v) is 4.28. The van der Waals surface area contributed by atoms with Crippen LogP contribution in [0.25, 0.3) is 11.8 Å². The predicted octanol–water partition coefficient (Wildman–Crippen LogP) is 3.61. The molecule has 2 heterocycles. The minimum absolute atomic E-state index is 0.114. The number of aliphatic imine (C=N–C) groups is 1. The van der Waals surface area contributed by atoms with Crippen LogP contribution < -0.4 is 15.4 Å². The summed E-state index contributed by atoms with van der Waals surface area (Å²) in [7, 11) is 0. The third kappa shape index (κ3) is 3.95. The first-order chi connectivity index (χ1) is 15.2. The molecule has 0 fully saturated rings. The molecular formula is C24H17FN4OS. The molecule has 0 aliphatic carbocycles. The van der Waals surface area contributed by atoms with Gasteiger partial charge in [0.2, 0.25) is 5.88 Å². The fourth-order valence-electron chi connectivity index (χ4n) is 3.29. The topological polar surface area (TPSA) is 62.2 Å². The van der Waals surface area contributed by atoms with Crippen LogP contribution in [0.4, 0.5) is 10.1 Å². The molecule has 152 valence electrons. The lowest BCUT2D eigenvalue weighted by molar-refractivity contribution is 0.439. The van der Waals surface area contributed by atoms with E-state index in [4.69, 9.17) is 4.99 Å². The summed E-state index contributed by atoms with van der Waals surface area (Å²) in [4.78, 5) is 14.5. The van der Waals surface area contributed by atoms with Crippen molar-refractivity contribution >= 4 is 29.4 Å². The number of para-hydroxylation sites is 1. The summed E-state index contributed by atoms with van der Waals surface area (Å²) in [5.41, 5.74) is 2.51. The molecular weight excluding hydrogens is 411 g/mol. The van der Waals surface area contributed by atoms with Crippen LogP contribution in [0.15, 0.2) is 87.8 Å². The summed E-state index contributed by atoms with van der Waals surface area (Å²) < 4.78 is 14.9. The molecule has 0 amide bonds. The maximum absolute atomic E-state index is 13.2. The number of aromatic nitrogens is 1. The Morgan fingerprint density at radius 3 is 2.65 bits per heavy atom. The number of hydrogen-bond donors (Lipinski definition) is 1. The Labute approximate surface area is 181 Å². The lowest BCUT2D eigenvalue weighted by Crippen LogP contribution is -2.12. The van der Waals surface area contributed by atoms with Gasteiger partial charge in [0.05, 0.1) is 28.2 Å². The highest BCUT2D eigenvalue weighted by atomic mass is 32.1. The molecule has 1 N–H and O–H groups in total. The van der Waals surface area contributed by atoms with E-state index in [1.165, 1.54) is 29.8 Å². The van der Waals surface area contributed by atoms with Crippen molar-refractivity contribution in [3.05, 3.63) is 104 Å². The Morgan fingerprint density at radius 2 is 1.84 bits per heavy atom. The van der Waals surface area contributed by atoms with Gasteiger partial charge in [0.15, 0.2) is 4.80 Å². The predicted molar refractivity (Wildman–Crippen MR) is 120 cm³/mol. The summed E-state index contributed by atoms with van der Waals surface area (Å²) >= 11 is 1.39. The maximum Gasteiger partial charge on any atom is 0.215 e. The van der Waals surface area contributed by atoms with Crippen molar-refractivity contribution < 1.29 is 9.50 Å². The minimum Gasteiger partial charge on any atom is -0.493 e. The Balaban J connectivity index is 1.62. The van der Waals surface area contributed by atoms with E-state index in [-0.39, 0.29) is 11.7 Å². The summed E-state index contributed by atoms with van der Waals surface area (Å²) in [6.07, 6.45) is 3.44. The summed E-state index contributed by atoms with van der Waals surface area (Å²) in [6.45, 7) is 0.377. The van der Waals surface area contributed by atoms with E-state index in [1.54, 1.807) is 16.7 Å². The Hall–Kier alpha value is -3.84. The lowest BCUT2D eigenvalue weighted by atomic mass is 10.2. The van der Waals surface area contributed by atoms with E-state index in [0.29, 0.717) is 16.2 Å².